The molecule has 0 aliphatic carbocycles. The first-order valence-corrected chi connectivity index (χ1v) is 9.68. The summed E-state index contributed by atoms with van der Waals surface area (Å²) in [5.41, 5.74) is -0.410. The average molecular weight is 375 g/mol. The molecule has 1 saturated heterocycles. The van der Waals surface area contributed by atoms with Gasteiger partial charge in [0.25, 0.3) is 5.91 Å². The van der Waals surface area contributed by atoms with Crippen molar-refractivity contribution in [1.82, 2.24) is 10.0 Å². The molecule has 1 aromatic carbocycles. The number of carbonyl (C=O) groups is 1. The Hall–Kier alpha value is -1.15. The van der Waals surface area contributed by atoms with Crippen LogP contribution >= 0.6 is 11.6 Å². The third-order valence-electron chi connectivity index (χ3n) is 3.44. The number of nitrogens with one attached hydrogen (secondary N) is 2. The summed E-state index contributed by atoms with van der Waals surface area (Å²) in [5.74, 6) is -0.352. The summed E-state index contributed by atoms with van der Waals surface area (Å²) in [6, 6.07) is 4.21. The zero-order valence-electron chi connectivity index (χ0n) is 14.1. The van der Waals surface area contributed by atoms with E-state index in [2.05, 4.69) is 10.0 Å². The number of carbonyl (C=O) groups excluding carboxylic acids is 1. The Labute approximate surface area is 148 Å². The predicted molar refractivity (Wildman–Crippen MR) is 92.8 cm³/mol. The number of amides is 1. The van der Waals surface area contributed by atoms with Crippen LogP contribution in [0.4, 0.5) is 0 Å². The van der Waals surface area contributed by atoms with Gasteiger partial charge in [-0.3, -0.25) is 4.79 Å². The lowest BCUT2D eigenvalue weighted by Crippen LogP contribution is -2.40. The molecule has 0 bridgehead atoms. The Morgan fingerprint density at radius 1 is 1.38 bits per heavy atom. The van der Waals surface area contributed by atoms with Crippen LogP contribution in [0.25, 0.3) is 0 Å². The van der Waals surface area contributed by atoms with Gasteiger partial charge in [0.1, 0.15) is 4.90 Å². The molecule has 8 heteroatoms. The minimum Gasteiger partial charge on any atom is -0.376 e. The van der Waals surface area contributed by atoms with Crippen LogP contribution in [0.5, 0.6) is 0 Å². The van der Waals surface area contributed by atoms with Gasteiger partial charge < -0.3 is 10.1 Å². The van der Waals surface area contributed by atoms with Crippen molar-refractivity contribution in [1.29, 1.82) is 0 Å². The lowest BCUT2D eigenvalue weighted by Gasteiger charge is -2.21. The van der Waals surface area contributed by atoms with E-state index >= 15 is 0 Å². The van der Waals surface area contributed by atoms with Crippen LogP contribution in [0.15, 0.2) is 23.1 Å². The maximum atomic E-state index is 12.5. The maximum absolute atomic E-state index is 12.5. The van der Waals surface area contributed by atoms with Crippen molar-refractivity contribution in [2.75, 3.05) is 13.2 Å². The van der Waals surface area contributed by atoms with Crippen LogP contribution in [0, 0.1) is 0 Å². The summed E-state index contributed by atoms with van der Waals surface area (Å²) in [5, 5.41) is 2.84. The fourth-order valence-corrected chi connectivity index (χ4v) is 4.37. The number of hydrogen-bond donors (Lipinski definition) is 2. The topological polar surface area (TPSA) is 84.5 Å². The number of halogens is 1. The van der Waals surface area contributed by atoms with E-state index in [9.17, 15) is 13.2 Å². The van der Waals surface area contributed by atoms with Crippen LogP contribution in [-0.4, -0.2) is 39.1 Å². The van der Waals surface area contributed by atoms with E-state index < -0.39 is 15.6 Å². The molecule has 134 valence electrons. The highest BCUT2D eigenvalue weighted by Crippen LogP contribution is 2.24. The van der Waals surface area contributed by atoms with Crippen molar-refractivity contribution in [2.45, 2.75) is 50.2 Å². The molecule has 1 fully saturated rings. The van der Waals surface area contributed by atoms with Crippen LogP contribution in [-0.2, 0) is 14.8 Å². The summed E-state index contributed by atoms with van der Waals surface area (Å²) in [7, 11) is -3.82. The van der Waals surface area contributed by atoms with Gasteiger partial charge in [-0.2, -0.15) is 0 Å². The van der Waals surface area contributed by atoms with Crippen molar-refractivity contribution in [2.24, 2.45) is 0 Å². The molecule has 1 aromatic rings. The van der Waals surface area contributed by atoms with E-state index in [0.717, 1.165) is 12.8 Å². The quantitative estimate of drug-likeness (QED) is 0.828. The first-order valence-electron chi connectivity index (χ1n) is 7.82. The van der Waals surface area contributed by atoms with Gasteiger partial charge in [0, 0.05) is 24.3 Å². The molecule has 0 radical (unpaired) electrons. The lowest BCUT2D eigenvalue weighted by atomic mass is 10.1. The van der Waals surface area contributed by atoms with Gasteiger partial charge in [0.2, 0.25) is 10.0 Å². The second-order valence-corrected chi connectivity index (χ2v) is 8.90. The van der Waals surface area contributed by atoms with E-state index in [0.29, 0.717) is 13.2 Å². The lowest BCUT2D eigenvalue weighted by molar-refractivity contribution is 0.0857. The van der Waals surface area contributed by atoms with Gasteiger partial charge in [-0.15, -0.1) is 0 Å². The van der Waals surface area contributed by atoms with Crippen molar-refractivity contribution < 1.29 is 17.9 Å². The molecule has 1 atom stereocenters. The van der Waals surface area contributed by atoms with E-state index in [4.69, 9.17) is 16.3 Å². The predicted octanol–water partition coefficient (Wildman–Crippen LogP) is 2.33. The fourth-order valence-electron chi connectivity index (χ4n) is 2.42. The number of ether oxygens (including phenoxy) is 1. The van der Waals surface area contributed by atoms with Gasteiger partial charge in [-0.25, -0.2) is 13.1 Å². The molecule has 2 N–H and O–H groups in total. The standard InChI is InChI=1S/C16H23ClN2O4S/c1-16(2,3)19-24(21,22)14-9-11(6-7-13(14)17)15(20)18-10-12-5-4-8-23-12/h6-7,9,12,19H,4-5,8,10H2,1-3H3,(H,18,20). The maximum Gasteiger partial charge on any atom is 0.251 e. The largest absolute Gasteiger partial charge is 0.376 e. The molecule has 1 heterocycles. The van der Waals surface area contributed by atoms with Gasteiger partial charge in [-0.05, 0) is 51.8 Å². The SMILES string of the molecule is CC(C)(C)NS(=O)(=O)c1cc(C(=O)NCC2CCCO2)ccc1Cl. The highest BCUT2D eigenvalue weighted by Gasteiger charge is 2.25. The van der Waals surface area contributed by atoms with Gasteiger partial charge >= 0.3 is 0 Å². The van der Waals surface area contributed by atoms with Gasteiger partial charge in [-0.1, -0.05) is 11.6 Å². The summed E-state index contributed by atoms with van der Waals surface area (Å²) in [6.45, 7) is 6.32. The van der Waals surface area contributed by atoms with E-state index in [1.54, 1.807) is 20.8 Å². The molecule has 24 heavy (non-hydrogen) atoms. The molecule has 0 spiro atoms. The molecule has 2 rings (SSSR count). The van der Waals surface area contributed by atoms with E-state index in [1.807, 2.05) is 0 Å². The van der Waals surface area contributed by atoms with Crippen LogP contribution in [0.2, 0.25) is 5.02 Å². The average Bonchev–Trinajstić information content (AvgIpc) is 2.95. The van der Waals surface area contributed by atoms with E-state index in [-0.39, 0.29) is 27.5 Å². The summed E-state index contributed by atoms with van der Waals surface area (Å²) in [4.78, 5) is 12.1. The number of benzene rings is 1. The zero-order chi connectivity index (χ0) is 18.0. The third-order valence-corrected chi connectivity index (χ3v) is 5.68. The molecule has 0 saturated carbocycles. The Morgan fingerprint density at radius 2 is 2.08 bits per heavy atom. The highest BCUT2D eigenvalue weighted by atomic mass is 35.5. The Kier molecular flexibility index (Phi) is 5.91. The summed E-state index contributed by atoms with van der Waals surface area (Å²) < 4.78 is 32.9. The van der Waals surface area contributed by atoms with Crippen molar-refractivity contribution >= 4 is 27.5 Å². The monoisotopic (exact) mass is 374 g/mol. The molecular formula is C16H23ClN2O4S. The summed E-state index contributed by atoms with van der Waals surface area (Å²) in [6.07, 6.45) is 1.92. The van der Waals surface area contributed by atoms with Crippen LogP contribution in [0.1, 0.15) is 44.0 Å². The Balaban J connectivity index is 2.16. The fraction of sp³-hybridized carbons (Fsp3) is 0.562. The van der Waals surface area contributed by atoms with Crippen molar-refractivity contribution in [3.05, 3.63) is 28.8 Å². The second-order valence-electron chi connectivity index (χ2n) is 6.85. The minimum atomic E-state index is -3.82. The van der Waals surface area contributed by atoms with Crippen molar-refractivity contribution in [3.8, 4) is 0 Å². The van der Waals surface area contributed by atoms with Crippen LogP contribution in [0.3, 0.4) is 0 Å². The van der Waals surface area contributed by atoms with Crippen LogP contribution < -0.4 is 10.0 Å². The van der Waals surface area contributed by atoms with Gasteiger partial charge in [0.05, 0.1) is 11.1 Å². The number of hydrogen-bond acceptors (Lipinski definition) is 4. The Morgan fingerprint density at radius 3 is 2.67 bits per heavy atom. The molecule has 1 unspecified atom stereocenters. The summed E-state index contributed by atoms with van der Waals surface area (Å²) >= 11 is 6.02. The number of sulfonamides is 1. The zero-order valence-corrected chi connectivity index (χ0v) is 15.6. The Bertz CT molecular complexity index is 707. The third kappa shape index (κ3) is 5.17. The molecule has 1 aliphatic heterocycles. The smallest absolute Gasteiger partial charge is 0.251 e. The minimum absolute atomic E-state index is 0.0204. The second kappa shape index (κ2) is 7.39. The van der Waals surface area contributed by atoms with Gasteiger partial charge in [0.15, 0.2) is 0 Å². The molecule has 1 amide bonds. The molecule has 6 nitrogen and oxygen atoms in total. The number of rotatable bonds is 5. The normalized spacial score (nSPS) is 18.6. The first kappa shape index (κ1) is 19.2. The molecule has 1 aliphatic rings. The van der Waals surface area contributed by atoms with E-state index in [1.165, 1.54) is 18.2 Å². The highest BCUT2D eigenvalue weighted by molar-refractivity contribution is 7.89. The molecular weight excluding hydrogens is 352 g/mol. The van der Waals surface area contributed by atoms with Crippen molar-refractivity contribution in [3.63, 3.8) is 0 Å². The molecule has 0 aromatic heterocycles. The first-order chi connectivity index (χ1) is 11.1.